The maximum Gasteiger partial charge on any atom is 0.323 e. The molecule has 4 aromatic rings. The van der Waals surface area contributed by atoms with Gasteiger partial charge in [-0.3, -0.25) is 9.67 Å². The van der Waals surface area contributed by atoms with Crippen molar-refractivity contribution in [2.75, 3.05) is 41.8 Å². The number of aryl methyl sites for hydroxylation is 1. The average molecular weight is 523 g/mol. The zero-order valence-electron chi connectivity index (χ0n) is 19.9. The van der Waals surface area contributed by atoms with Gasteiger partial charge in [0, 0.05) is 72.3 Å². The molecule has 0 saturated carbocycles. The number of nitrogens with one attached hydrogen (secondary N) is 2. The Hall–Kier alpha value is -4.15. The van der Waals surface area contributed by atoms with Gasteiger partial charge in [0.05, 0.1) is 25.1 Å². The molecule has 2 N–H and O–H groups in total. The Bertz CT molecular complexity index is 1420. The molecule has 0 aliphatic carbocycles. The molecule has 0 bridgehead atoms. The third-order valence-electron chi connectivity index (χ3n) is 5.67. The molecule has 0 spiro atoms. The Morgan fingerprint density at radius 3 is 2.65 bits per heavy atom. The van der Waals surface area contributed by atoms with Crippen molar-refractivity contribution in [1.29, 1.82) is 0 Å². The van der Waals surface area contributed by atoms with Crippen molar-refractivity contribution < 1.29 is 18.7 Å². The standard InChI is InChI=1S/C26H24ClFN6O3/c1-33-16-17(15-30-33)24-14-22(4-5-29-24)37-25-3-2-19(13-23(25)28)31-26(35)32-20-10-18(27)11-21(12-20)34-6-8-36-9-7-34/h2-5,10-16H,6-9H2,1H3,(H2,31,32,35). The fourth-order valence-electron chi connectivity index (χ4n) is 3.92. The van der Waals surface area contributed by atoms with Crippen molar-refractivity contribution in [2.45, 2.75) is 0 Å². The number of nitrogens with zero attached hydrogens (tertiary/aromatic N) is 4. The highest BCUT2D eigenvalue weighted by Gasteiger charge is 2.14. The topological polar surface area (TPSA) is 93.5 Å². The summed E-state index contributed by atoms with van der Waals surface area (Å²) in [7, 11) is 1.81. The molecule has 190 valence electrons. The molecule has 0 unspecified atom stereocenters. The van der Waals surface area contributed by atoms with E-state index in [9.17, 15) is 9.18 Å². The van der Waals surface area contributed by atoms with E-state index < -0.39 is 11.8 Å². The zero-order valence-corrected chi connectivity index (χ0v) is 20.7. The molecule has 1 aliphatic rings. The minimum atomic E-state index is -0.630. The van der Waals surface area contributed by atoms with E-state index >= 15 is 0 Å². The molecule has 1 saturated heterocycles. The number of halogens is 2. The Morgan fingerprint density at radius 2 is 1.89 bits per heavy atom. The second-order valence-corrected chi connectivity index (χ2v) is 8.84. The molecule has 2 aromatic heterocycles. The Balaban J connectivity index is 1.23. The fraction of sp³-hybridized carbons (Fsp3) is 0.192. The first-order valence-electron chi connectivity index (χ1n) is 11.6. The lowest BCUT2D eigenvalue weighted by molar-refractivity contribution is 0.122. The maximum absolute atomic E-state index is 14.8. The number of amides is 2. The van der Waals surface area contributed by atoms with E-state index in [1.807, 2.05) is 25.4 Å². The van der Waals surface area contributed by atoms with Crippen LogP contribution in [-0.2, 0) is 11.8 Å². The van der Waals surface area contributed by atoms with Gasteiger partial charge in [0.2, 0.25) is 0 Å². The van der Waals surface area contributed by atoms with E-state index in [2.05, 4.69) is 25.6 Å². The molecule has 2 aromatic carbocycles. The fourth-order valence-corrected chi connectivity index (χ4v) is 4.15. The summed E-state index contributed by atoms with van der Waals surface area (Å²) in [5, 5.41) is 10.0. The van der Waals surface area contributed by atoms with Crippen LogP contribution in [0.15, 0.2) is 67.1 Å². The highest BCUT2D eigenvalue weighted by molar-refractivity contribution is 6.31. The summed E-state index contributed by atoms with van der Waals surface area (Å²) in [4.78, 5) is 19.0. The van der Waals surface area contributed by atoms with Crippen LogP contribution in [0.2, 0.25) is 5.02 Å². The van der Waals surface area contributed by atoms with Crippen LogP contribution >= 0.6 is 11.6 Å². The summed E-state index contributed by atoms with van der Waals surface area (Å²) in [5.74, 6) is -0.197. The van der Waals surface area contributed by atoms with E-state index in [1.165, 1.54) is 12.1 Å². The van der Waals surface area contributed by atoms with Crippen LogP contribution in [0.3, 0.4) is 0 Å². The number of aromatic nitrogens is 3. The Labute approximate surface area is 217 Å². The zero-order chi connectivity index (χ0) is 25.8. The van der Waals surface area contributed by atoms with Gasteiger partial charge in [0.15, 0.2) is 11.6 Å². The smallest absolute Gasteiger partial charge is 0.323 e. The van der Waals surface area contributed by atoms with Crippen LogP contribution in [0.4, 0.5) is 26.2 Å². The van der Waals surface area contributed by atoms with Crippen LogP contribution in [0.25, 0.3) is 11.3 Å². The predicted octanol–water partition coefficient (Wildman–Crippen LogP) is 5.55. The monoisotopic (exact) mass is 522 g/mol. The van der Waals surface area contributed by atoms with E-state index in [-0.39, 0.29) is 11.4 Å². The van der Waals surface area contributed by atoms with Crippen LogP contribution in [0.1, 0.15) is 0 Å². The number of pyridine rings is 1. The van der Waals surface area contributed by atoms with Gasteiger partial charge in [-0.15, -0.1) is 0 Å². The van der Waals surface area contributed by atoms with Crippen LogP contribution in [-0.4, -0.2) is 47.1 Å². The summed E-state index contributed by atoms with van der Waals surface area (Å²) in [6.07, 6.45) is 5.09. The number of anilines is 3. The summed E-state index contributed by atoms with van der Waals surface area (Å²) in [6.45, 7) is 2.75. The van der Waals surface area contributed by atoms with Gasteiger partial charge < -0.3 is 25.0 Å². The number of ether oxygens (including phenoxy) is 2. The van der Waals surface area contributed by atoms with Crippen molar-refractivity contribution in [3.05, 3.63) is 78.0 Å². The molecular formula is C26H24ClFN6O3. The SMILES string of the molecule is Cn1cc(-c2cc(Oc3ccc(NC(=O)Nc4cc(Cl)cc(N5CCOCC5)c4)cc3F)ccn2)cn1. The molecule has 1 aliphatic heterocycles. The van der Waals surface area contributed by atoms with Crippen molar-refractivity contribution in [3.63, 3.8) is 0 Å². The normalized spacial score (nSPS) is 13.3. The van der Waals surface area contributed by atoms with E-state index in [0.717, 1.165) is 24.3 Å². The number of carbonyl (C=O) groups excluding carboxylic acids is 1. The van der Waals surface area contributed by atoms with Gasteiger partial charge in [0.25, 0.3) is 0 Å². The van der Waals surface area contributed by atoms with E-state index in [0.29, 0.717) is 35.4 Å². The van der Waals surface area contributed by atoms with Crippen molar-refractivity contribution >= 4 is 34.7 Å². The number of hydrogen-bond acceptors (Lipinski definition) is 6. The van der Waals surface area contributed by atoms with E-state index in [4.69, 9.17) is 21.1 Å². The minimum Gasteiger partial charge on any atom is -0.454 e. The number of morpholine rings is 1. The number of carbonyl (C=O) groups is 1. The molecule has 0 radical (unpaired) electrons. The third kappa shape index (κ3) is 6.16. The van der Waals surface area contributed by atoms with Crippen LogP contribution in [0, 0.1) is 5.82 Å². The second kappa shape index (κ2) is 10.9. The Kier molecular flexibility index (Phi) is 7.20. The maximum atomic E-state index is 14.8. The van der Waals surface area contributed by atoms with Crippen LogP contribution < -0.4 is 20.3 Å². The minimum absolute atomic E-state index is 0.0132. The lowest BCUT2D eigenvalue weighted by Crippen LogP contribution is -2.36. The molecule has 37 heavy (non-hydrogen) atoms. The molecule has 0 atom stereocenters. The summed E-state index contributed by atoms with van der Waals surface area (Å²) in [6, 6.07) is 12.3. The van der Waals surface area contributed by atoms with E-state index in [1.54, 1.807) is 41.3 Å². The first-order valence-corrected chi connectivity index (χ1v) is 11.9. The number of benzene rings is 2. The van der Waals surface area contributed by atoms with Gasteiger partial charge in [-0.05, 0) is 36.4 Å². The molecule has 5 rings (SSSR count). The number of urea groups is 1. The molecular weight excluding hydrogens is 499 g/mol. The van der Waals surface area contributed by atoms with Crippen molar-refractivity contribution in [2.24, 2.45) is 7.05 Å². The summed E-state index contributed by atoms with van der Waals surface area (Å²) < 4.78 is 27.6. The van der Waals surface area contributed by atoms with Gasteiger partial charge in [-0.2, -0.15) is 5.10 Å². The highest BCUT2D eigenvalue weighted by atomic mass is 35.5. The predicted molar refractivity (Wildman–Crippen MR) is 140 cm³/mol. The lowest BCUT2D eigenvalue weighted by atomic mass is 10.2. The van der Waals surface area contributed by atoms with Gasteiger partial charge in [-0.1, -0.05) is 11.6 Å². The average Bonchev–Trinajstić information content (AvgIpc) is 3.32. The lowest BCUT2D eigenvalue weighted by Gasteiger charge is -2.29. The largest absolute Gasteiger partial charge is 0.454 e. The summed E-state index contributed by atoms with van der Waals surface area (Å²) in [5.41, 5.74) is 3.15. The first kappa shape index (κ1) is 24.5. The molecule has 3 heterocycles. The highest BCUT2D eigenvalue weighted by Crippen LogP contribution is 2.30. The molecule has 1 fully saturated rings. The Morgan fingerprint density at radius 1 is 1.08 bits per heavy atom. The number of hydrogen-bond donors (Lipinski definition) is 2. The van der Waals surface area contributed by atoms with Gasteiger partial charge in [-0.25, -0.2) is 9.18 Å². The first-order chi connectivity index (χ1) is 17.9. The summed E-state index contributed by atoms with van der Waals surface area (Å²) >= 11 is 6.26. The molecule has 9 nitrogen and oxygen atoms in total. The quantitative estimate of drug-likeness (QED) is 0.345. The number of rotatable bonds is 6. The van der Waals surface area contributed by atoms with Gasteiger partial charge in [0.1, 0.15) is 5.75 Å². The van der Waals surface area contributed by atoms with Gasteiger partial charge >= 0.3 is 6.03 Å². The third-order valence-corrected chi connectivity index (χ3v) is 5.88. The second-order valence-electron chi connectivity index (χ2n) is 8.40. The molecule has 11 heteroatoms. The van der Waals surface area contributed by atoms with Crippen molar-refractivity contribution in [1.82, 2.24) is 14.8 Å². The van der Waals surface area contributed by atoms with Crippen molar-refractivity contribution in [3.8, 4) is 22.8 Å². The van der Waals surface area contributed by atoms with Crippen LogP contribution in [0.5, 0.6) is 11.5 Å². The molecule has 2 amide bonds.